The molecule has 2 aromatic carbocycles. The molecule has 146 valence electrons. The molecule has 1 unspecified atom stereocenters. The lowest BCUT2D eigenvalue weighted by molar-refractivity contribution is -0.145. The van der Waals surface area contributed by atoms with E-state index >= 15 is 0 Å². The highest BCUT2D eigenvalue weighted by Gasteiger charge is 2.46. The molecule has 0 bridgehead atoms. The molecule has 2 aromatic rings. The molecule has 0 radical (unpaired) electrons. The highest BCUT2D eigenvalue weighted by atomic mass is 16.5. The molecule has 3 rings (SSSR count). The fraction of sp³-hybridized carbons (Fsp3) is 0.286. The molecule has 0 spiro atoms. The quantitative estimate of drug-likeness (QED) is 0.544. The van der Waals surface area contributed by atoms with Gasteiger partial charge in [0.2, 0.25) is 0 Å². The van der Waals surface area contributed by atoms with Crippen molar-refractivity contribution in [3.05, 3.63) is 60.2 Å². The van der Waals surface area contributed by atoms with Gasteiger partial charge in [0.1, 0.15) is 11.8 Å². The van der Waals surface area contributed by atoms with Gasteiger partial charge in [0.25, 0.3) is 5.91 Å². The topological polar surface area (TPSA) is 76.1 Å². The number of anilines is 1. The lowest BCUT2D eigenvalue weighted by Gasteiger charge is -2.21. The summed E-state index contributed by atoms with van der Waals surface area (Å²) in [6.07, 6.45) is -0.183. The molecular formula is C21H22N2O5. The lowest BCUT2D eigenvalue weighted by Crippen LogP contribution is -2.36. The Hall–Kier alpha value is -3.35. The van der Waals surface area contributed by atoms with Crippen molar-refractivity contribution in [3.63, 3.8) is 0 Å². The summed E-state index contributed by atoms with van der Waals surface area (Å²) in [7, 11) is 1.54. The summed E-state index contributed by atoms with van der Waals surface area (Å²) in [6, 6.07) is 14.6. The van der Waals surface area contributed by atoms with Gasteiger partial charge in [-0.05, 0) is 36.8 Å². The second kappa shape index (κ2) is 8.56. The van der Waals surface area contributed by atoms with Crippen molar-refractivity contribution in [1.82, 2.24) is 4.90 Å². The van der Waals surface area contributed by atoms with E-state index in [2.05, 4.69) is 0 Å². The minimum absolute atomic E-state index is 0.183. The Balaban J connectivity index is 1.90. The Morgan fingerprint density at radius 3 is 2.32 bits per heavy atom. The zero-order chi connectivity index (χ0) is 20.1. The molecule has 1 heterocycles. The molecule has 0 N–H and O–H groups in total. The van der Waals surface area contributed by atoms with E-state index in [0.29, 0.717) is 11.4 Å². The summed E-state index contributed by atoms with van der Waals surface area (Å²) in [4.78, 5) is 40.7. The van der Waals surface area contributed by atoms with Gasteiger partial charge < -0.3 is 14.4 Å². The van der Waals surface area contributed by atoms with E-state index in [-0.39, 0.29) is 19.6 Å². The minimum atomic E-state index is -0.908. The van der Waals surface area contributed by atoms with Crippen molar-refractivity contribution < 1.29 is 23.9 Å². The molecule has 0 aliphatic carbocycles. The second-order valence-corrected chi connectivity index (χ2v) is 6.29. The number of esters is 1. The van der Waals surface area contributed by atoms with E-state index in [1.54, 1.807) is 31.2 Å². The number of imide groups is 1. The number of hydrogen-bond acceptors (Lipinski definition) is 5. The van der Waals surface area contributed by atoms with Crippen molar-refractivity contribution in [1.29, 1.82) is 0 Å². The van der Waals surface area contributed by atoms with Gasteiger partial charge >= 0.3 is 12.0 Å². The van der Waals surface area contributed by atoms with Gasteiger partial charge in [0, 0.05) is 6.54 Å². The molecular weight excluding hydrogens is 360 g/mol. The van der Waals surface area contributed by atoms with E-state index in [4.69, 9.17) is 9.47 Å². The molecule has 0 aromatic heterocycles. The third kappa shape index (κ3) is 3.98. The van der Waals surface area contributed by atoms with Crippen molar-refractivity contribution in [2.45, 2.75) is 25.9 Å². The normalized spacial score (nSPS) is 16.4. The fourth-order valence-corrected chi connectivity index (χ4v) is 3.14. The molecule has 7 nitrogen and oxygen atoms in total. The van der Waals surface area contributed by atoms with Crippen LogP contribution >= 0.6 is 0 Å². The van der Waals surface area contributed by atoms with Crippen LogP contribution in [-0.4, -0.2) is 42.6 Å². The standard InChI is InChI=1S/C21H22N2O5/c1-3-28-19(24)13-18-20(25)23(16-9-11-17(27-2)12-10-16)21(26)22(18)14-15-7-5-4-6-8-15/h4-12,18H,3,13-14H2,1-2H3. The molecule has 7 heteroatoms. The van der Waals surface area contributed by atoms with Gasteiger partial charge in [-0.25, -0.2) is 9.69 Å². The third-order valence-corrected chi connectivity index (χ3v) is 4.51. The van der Waals surface area contributed by atoms with Crippen molar-refractivity contribution >= 4 is 23.6 Å². The van der Waals surface area contributed by atoms with Crippen LogP contribution in [0.4, 0.5) is 10.5 Å². The SMILES string of the molecule is CCOC(=O)CC1C(=O)N(c2ccc(OC)cc2)C(=O)N1Cc1ccccc1. The molecule has 0 saturated carbocycles. The highest BCUT2D eigenvalue weighted by Crippen LogP contribution is 2.29. The van der Waals surface area contributed by atoms with Crippen LogP contribution < -0.4 is 9.64 Å². The number of urea groups is 1. The summed E-state index contributed by atoms with van der Waals surface area (Å²) < 4.78 is 10.1. The fourth-order valence-electron chi connectivity index (χ4n) is 3.14. The number of carbonyl (C=O) groups is 3. The van der Waals surface area contributed by atoms with Gasteiger partial charge in [0.05, 0.1) is 25.8 Å². The maximum atomic E-state index is 13.1. The molecule has 1 aliphatic rings. The molecule has 1 aliphatic heterocycles. The molecule has 1 saturated heterocycles. The van der Waals surface area contributed by atoms with E-state index in [9.17, 15) is 14.4 Å². The number of amides is 3. The Morgan fingerprint density at radius 2 is 1.71 bits per heavy atom. The summed E-state index contributed by atoms with van der Waals surface area (Å²) in [6.45, 7) is 2.14. The third-order valence-electron chi connectivity index (χ3n) is 4.51. The van der Waals surface area contributed by atoms with Crippen molar-refractivity contribution in [2.24, 2.45) is 0 Å². The summed E-state index contributed by atoms with van der Waals surface area (Å²) in [5, 5.41) is 0. The Kier molecular flexibility index (Phi) is 5.93. The van der Waals surface area contributed by atoms with Gasteiger partial charge in [-0.2, -0.15) is 0 Å². The summed E-state index contributed by atoms with van der Waals surface area (Å²) in [5.41, 5.74) is 1.30. The molecule has 1 fully saturated rings. The first-order valence-corrected chi connectivity index (χ1v) is 9.03. The van der Waals surface area contributed by atoms with Gasteiger partial charge in [-0.1, -0.05) is 30.3 Å². The van der Waals surface area contributed by atoms with Crippen LogP contribution in [0.3, 0.4) is 0 Å². The zero-order valence-electron chi connectivity index (χ0n) is 15.8. The van der Waals surface area contributed by atoms with Crippen LogP contribution in [0.1, 0.15) is 18.9 Å². The maximum Gasteiger partial charge on any atom is 0.332 e. The Labute approximate surface area is 163 Å². The number of rotatable bonds is 7. The first kappa shape index (κ1) is 19.4. The number of nitrogens with zero attached hydrogens (tertiary/aromatic N) is 2. The van der Waals surface area contributed by atoms with Crippen LogP contribution in [0.2, 0.25) is 0 Å². The van der Waals surface area contributed by atoms with Crippen molar-refractivity contribution in [3.8, 4) is 5.75 Å². The minimum Gasteiger partial charge on any atom is -0.497 e. The molecule has 3 amide bonds. The number of methoxy groups -OCH3 is 1. The molecule has 1 atom stereocenters. The first-order valence-electron chi connectivity index (χ1n) is 9.03. The number of benzene rings is 2. The van der Waals surface area contributed by atoms with Crippen LogP contribution in [-0.2, 0) is 20.9 Å². The van der Waals surface area contributed by atoms with E-state index in [0.717, 1.165) is 10.5 Å². The van der Waals surface area contributed by atoms with Crippen LogP contribution in [0.5, 0.6) is 5.75 Å². The van der Waals surface area contributed by atoms with Crippen LogP contribution in [0, 0.1) is 0 Å². The summed E-state index contributed by atoms with van der Waals surface area (Å²) in [5.74, 6) is -0.338. The van der Waals surface area contributed by atoms with Gasteiger partial charge in [-0.3, -0.25) is 9.59 Å². The Bertz CT molecular complexity index is 851. The number of hydrogen-bond donors (Lipinski definition) is 0. The highest BCUT2D eigenvalue weighted by molar-refractivity contribution is 6.21. The van der Waals surface area contributed by atoms with Crippen LogP contribution in [0.25, 0.3) is 0 Å². The second-order valence-electron chi connectivity index (χ2n) is 6.29. The van der Waals surface area contributed by atoms with Gasteiger partial charge in [-0.15, -0.1) is 0 Å². The number of ether oxygens (including phenoxy) is 2. The number of carbonyl (C=O) groups excluding carboxylic acids is 3. The summed E-state index contributed by atoms with van der Waals surface area (Å²) >= 11 is 0. The monoisotopic (exact) mass is 382 g/mol. The average molecular weight is 382 g/mol. The van der Waals surface area contributed by atoms with E-state index in [1.807, 2.05) is 30.3 Å². The predicted molar refractivity (Wildman–Crippen MR) is 103 cm³/mol. The van der Waals surface area contributed by atoms with Crippen LogP contribution in [0.15, 0.2) is 54.6 Å². The van der Waals surface area contributed by atoms with E-state index < -0.39 is 23.9 Å². The van der Waals surface area contributed by atoms with E-state index in [1.165, 1.54) is 12.0 Å². The zero-order valence-corrected chi connectivity index (χ0v) is 15.8. The maximum absolute atomic E-state index is 13.1. The predicted octanol–water partition coefficient (Wildman–Crippen LogP) is 2.99. The molecule has 28 heavy (non-hydrogen) atoms. The Morgan fingerprint density at radius 1 is 1.04 bits per heavy atom. The lowest BCUT2D eigenvalue weighted by atomic mass is 10.1. The largest absolute Gasteiger partial charge is 0.497 e. The average Bonchev–Trinajstić information content (AvgIpc) is 2.93. The smallest absolute Gasteiger partial charge is 0.332 e. The van der Waals surface area contributed by atoms with Gasteiger partial charge in [0.15, 0.2) is 0 Å². The van der Waals surface area contributed by atoms with Crippen molar-refractivity contribution in [2.75, 3.05) is 18.6 Å². The first-order chi connectivity index (χ1) is 13.5.